The number of hydrogen-bond acceptors (Lipinski definition) is 4. The Morgan fingerprint density at radius 2 is 2.14 bits per heavy atom. The van der Waals surface area contributed by atoms with Crippen molar-refractivity contribution in [1.29, 1.82) is 0 Å². The number of rotatable bonds is 8. The standard InChI is InChI=1S/C22H37N5O/c1-3-23-22(24-12-6-9-19-7-4-5-8-19)26-16-20-10-11-21(25-15-20)27-13-14-28-18(2)17-27/h10-11,15,18-19H,3-9,12-14,16-17H2,1-2H3,(H2,23,24,26). The molecule has 1 aromatic rings. The minimum absolute atomic E-state index is 0.266. The molecule has 1 saturated heterocycles. The number of nitrogens with zero attached hydrogens (tertiary/aromatic N) is 3. The van der Waals surface area contributed by atoms with E-state index in [0.717, 1.165) is 56.0 Å². The van der Waals surface area contributed by atoms with E-state index in [9.17, 15) is 0 Å². The molecule has 1 saturated carbocycles. The normalized spacial score (nSPS) is 21.1. The lowest BCUT2D eigenvalue weighted by Crippen LogP contribution is -2.41. The van der Waals surface area contributed by atoms with Crippen molar-refractivity contribution >= 4 is 11.8 Å². The minimum Gasteiger partial charge on any atom is -0.375 e. The molecule has 0 amide bonds. The largest absolute Gasteiger partial charge is 0.375 e. The van der Waals surface area contributed by atoms with E-state index in [1.807, 2.05) is 6.20 Å². The highest BCUT2D eigenvalue weighted by Crippen LogP contribution is 2.28. The summed E-state index contributed by atoms with van der Waals surface area (Å²) < 4.78 is 5.61. The Morgan fingerprint density at radius 3 is 2.86 bits per heavy atom. The third-order valence-electron chi connectivity index (χ3n) is 5.69. The van der Waals surface area contributed by atoms with E-state index in [1.165, 1.54) is 38.5 Å². The summed E-state index contributed by atoms with van der Waals surface area (Å²) in [7, 11) is 0. The Labute approximate surface area is 170 Å². The van der Waals surface area contributed by atoms with Crippen LogP contribution in [0.2, 0.25) is 0 Å². The highest BCUT2D eigenvalue weighted by molar-refractivity contribution is 5.79. The third kappa shape index (κ3) is 6.66. The van der Waals surface area contributed by atoms with Crippen molar-refractivity contribution < 1.29 is 4.74 Å². The molecule has 2 heterocycles. The first-order chi connectivity index (χ1) is 13.7. The first-order valence-corrected chi connectivity index (χ1v) is 11.1. The van der Waals surface area contributed by atoms with Gasteiger partial charge in [-0.05, 0) is 44.2 Å². The second-order valence-corrected chi connectivity index (χ2v) is 8.07. The molecule has 2 aliphatic rings. The number of pyridine rings is 1. The SMILES string of the molecule is CCNC(=NCc1ccc(N2CCOC(C)C2)nc1)NCCCC1CCCC1. The predicted octanol–water partition coefficient (Wildman–Crippen LogP) is 3.33. The zero-order valence-corrected chi connectivity index (χ0v) is 17.6. The molecule has 2 fully saturated rings. The van der Waals surface area contributed by atoms with Gasteiger partial charge in [0, 0.05) is 32.4 Å². The Hall–Kier alpha value is -1.82. The van der Waals surface area contributed by atoms with Gasteiger partial charge in [0.15, 0.2) is 5.96 Å². The number of aliphatic imine (C=N–C) groups is 1. The summed E-state index contributed by atoms with van der Waals surface area (Å²) in [4.78, 5) is 11.7. The van der Waals surface area contributed by atoms with Crippen LogP contribution in [-0.2, 0) is 11.3 Å². The van der Waals surface area contributed by atoms with E-state index in [1.54, 1.807) is 0 Å². The Morgan fingerprint density at radius 1 is 1.29 bits per heavy atom. The van der Waals surface area contributed by atoms with Crippen molar-refractivity contribution in [2.75, 3.05) is 37.7 Å². The zero-order valence-electron chi connectivity index (χ0n) is 17.6. The predicted molar refractivity (Wildman–Crippen MR) is 116 cm³/mol. The van der Waals surface area contributed by atoms with Gasteiger partial charge in [0.1, 0.15) is 5.82 Å². The van der Waals surface area contributed by atoms with Gasteiger partial charge < -0.3 is 20.3 Å². The van der Waals surface area contributed by atoms with E-state index in [2.05, 4.69) is 46.5 Å². The minimum atomic E-state index is 0.266. The molecule has 28 heavy (non-hydrogen) atoms. The molecule has 1 aromatic heterocycles. The van der Waals surface area contributed by atoms with Crippen LogP contribution in [0.25, 0.3) is 0 Å². The summed E-state index contributed by atoms with van der Waals surface area (Å²) in [6, 6.07) is 4.24. The number of aromatic nitrogens is 1. The average molecular weight is 388 g/mol. The van der Waals surface area contributed by atoms with Gasteiger partial charge >= 0.3 is 0 Å². The lowest BCUT2D eigenvalue weighted by Gasteiger charge is -2.32. The van der Waals surface area contributed by atoms with E-state index in [-0.39, 0.29) is 6.10 Å². The third-order valence-corrected chi connectivity index (χ3v) is 5.69. The molecule has 6 heteroatoms. The number of guanidine groups is 1. The summed E-state index contributed by atoms with van der Waals surface area (Å²) in [6.45, 7) is 9.31. The van der Waals surface area contributed by atoms with Crippen molar-refractivity contribution in [3.63, 3.8) is 0 Å². The van der Waals surface area contributed by atoms with Gasteiger partial charge in [0.05, 0.1) is 19.3 Å². The molecule has 0 bridgehead atoms. The topological polar surface area (TPSA) is 61.8 Å². The fourth-order valence-electron chi connectivity index (χ4n) is 4.13. The number of ether oxygens (including phenoxy) is 1. The maximum Gasteiger partial charge on any atom is 0.191 e. The van der Waals surface area contributed by atoms with Crippen molar-refractivity contribution in [3.8, 4) is 0 Å². The van der Waals surface area contributed by atoms with Crippen LogP contribution in [0.15, 0.2) is 23.3 Å². The summed E-state index contributed by atoms with van der Waals surface area (Å²) in [5.41, 5.74) is 1.13. The molecule has 0 radical (unpaired) electrons. The molecular weight excluding hydrogens is 350 g/mol. The van der Waals surface area contributed by atoms with Crippen LogP contribution in [-0.4, -0.2) is 49.8 Å². The first-order valence-electron chi connectivity index (χ1n) is 11.1. The summed E-state index contributed by atoms with van der Waals surface area (Å²) in [5, 5.41) is 6.82. The zero-order chi connectivity index (χ0) is 19.6. The van der Waals surface area contributed by atoms with Crippen LogP contribution in [0.4, 0.5) is 5.82 Å². The molecule has 3 rings (SSSR count). The van der Waals surface area contributed by atoms with Gasteiger partial charge in [-0.2, -0.15) is 0 Å². The molecule has 2 N–H and O–H groups in total. The smallest absolute Gasteiger partial charge is 0.191 e. The van der Waals surface area contributed by atoms with Crippen LogP contribution >= 0.6 is 0 Å². The molecule has 1 unspecified atom stereocenters. The summed E-state index contributed by atoms with van der Waals surface area (Å²) >= 11 is 0. The Kier molecular flexibility index (Phi) is 8.40. The van der Waals surface area contributed by atoms with Crippen LogP contribution in [0.1, 0.15) is 57.9 Å². The molecule has 1 aliphatic carbocycles. The molecule has 1 aliphatic heterocycles. The van der Waals surface area contributed by atoms with E-state index >= 15 is 0 Å². The van der Waals surface area contributed by atoms with E-state index < -0.39 is 0 Å². The van der Waals surface area contributed by atoms with Crippen LogP contribution in [0.3, 0.4) is 0 Å². The van der Waals surface area contributed by atoms with Gasteiger partial charge in [-0.3, -0.25) is 0 Å². The molecule has 6 nitrogen and oxygen atoms in total. The fraction of sp³-hybridized carbons (Fsp3) is 0.727. The van der Waals surface area contributed by atoms with Gasteiger partial charge in [-0.1, -0.05) is 31.7 Å². The lowest BCUT2D eigenvalue weighted by atomic mass is 10.0. The monoisotopic (exact) mass is 387 g/mol. The van der Waals surface area contributed by atoms with Crippen LogP contribution < -0.4 is 15.5 Å². The van der Waals surface area contributed by atoms with Gasteiger partial charge in [0.25, 0.3) is 0 Å². The second-order valence-electron chi connectivity index (χ2n) is 8.07. The van der Waals surface area contributed by atoms with Crippen molar-refractivity contribution in [3.05, 3.63) is 23.9 Å². The molecular formula is C22H37N5O. The lowest BCUT2D eigenvalue weighted by molar-refractivity contribution is 0.0529. The molecule has 1 atom stereocenters. The summed E-state index contributed by atoms with van der Waals surface area (Å²) in [5.74, 6) is 2.89. The van der Waals surface area contributed by atoms with Crippen molar-refractivity contribution in [2.45, 2.75) is 65.0 Å². The fourth-order valence-corrected chi connectivity index (χ4v) is 4.13. The molecule has 0 aromatic carbocycles. The first kappa shape index (κ1) is 20.9. The number of morpholine rings is 1. The quantitative estimate of drug-likeness (QED) is 0.407. The van der Waals surface area contributed by atoms with Crippen molar-refractivity contribution in [2.24, 2.45) is 10.9 Å². The summed E-state index contributed by atoms with van der Waals surface area (Å²) in [6.07, 6.45) is 10.5. The number of nitrogens with one attached hydrogen (secondary N) is 2. The van der Waals surface area contributed by atoms with E-state index in [4.69, 9.17) is 9.73 Å². The maximum atomic E-state index is 5.61. The Bertz CT molecular complexity index is 597. The maximum absolute atomic E-state index is 5.61. The van der Waals surface area contributed by atoms with Gasteiger partial charge in [0.2, 0.25) is 0 Å². The van der Waals surface area contributed by atoms with Crippen LogP contribution in [0.5, 0.6) is 0 Å². The Balaban J connectivity index is 1.45. The van der Waals surface area contributed by atoms with Crippen molar-refractivity contribution in [1.82, 2.24) is 15.6 Å². The van der Waals surface area contributed by atoms with Gasteiger partial charge in [-0.15, -0.1) is 0 Å². The highest BCUT2D eigenvalue weighted by Gasteiger charge is 2.17. The van der Waals surface area contributed by atoms with E-state index in [0.29, 0.717) is 6.54 Å². The second kappa shape index (κ2) is 11.2. The highest BCUT2D eigenvalue weighted by atomic mass is 16.5. The number of anilines is 1. The van der Waals surface area contributed by atoms with Gasteiger partial charge in [-0.25, -0.2) is 9.98 Å². The molecule has 0 spiro atoms. The average Bonchev–Trinajstić information content (AvgIpc) is 3.23. The molecule has 156 valence electrons. The van der Waals surface area contributed by atoms with Crippen LogP contribution in [0, 0.1) is 5.92 Å². The number of hydrogen-bond donors (Lipinski definition) is 2.